The number of hydrogen-bond acceptors (Lipinski definition) is 5. The Labute approximate surface area is 95.8 Å². The first-order chi connectivity index (χ1) is 7.66. The lowest BCUT2D eigenvalue weighted by atomic mass is 10.0. The zero-order valence-electron chi connectivity index (χ0n) is 10.2. The maximum Gasteiger partial charge on any atom is 0.226 e. The van der Waals surface area contributed by atoms with Crippen LogP contribution in [0.3, 0.4) is 0 Å². The molecule has 0 bridgehead atoms. The lowest BCUT2D eigenvalue weighted by molar-refractivity contribution is -0.0403. The predicted octanol–water partition coefficient (Wildman–Crippen LogP) is 1.66. The molecule has 0 saturated heterocycles. The Morgan fingerprint density at radius 1 is 1.44 bits per heavy atom. The van der Waals surface area contributed by atoms with Gasteiger partial charge in [-0.05, 0) is 26.7 Å². The Bertz CT molecular complexity index is 314. The van der Waals surface area contributed by atoms with Crippen molar-refractivity contribution in [2.45, 2.75) is 45.6 Å². The van der Waals surface area contributed by atoms with Crippen LogP contribution < -0.4 is 0 Å². The molecule has 0 aromatic carbocycles. The van der Waals surface area contributed by atoms with E-state index in [4.69, 9.17) is 14.4 Å². The summed E-state index contributed by atoms with van der Waals surface area (Å²) in [6.07, 6.45) is 2.04. The standard InChI is InChI=1S/C11H20N2O3/c1-4-11(3,15-5-2)10-12-9(16-13-10)7-6-8-14/h14H,4-8H2,1-3H3. The summed E-state index contributed by atoms with van der Waals surface area (Å²) in [7, 11) is 0. The summed E-state index contributed by atoms with van der Waals surface area (Å²) >= 11 is 0. The van der Waals surface area contributed by atoms with Crippen molar-refractivity contribution < 1.29 is 14.4 Å². The van der Waals surface area contributed by atoms with E-state index >= 15 is 0 Å². The van der Waals surface area contributed by atoms with Crippen LogP contribution in [0, 0.1) is 0 Å². The Morgan fingerprint density at radius 2 is 2.19 bits per heavy atom. The van der Waals surface area contributed by atoms with Crippen LogP contribution in [0.5, 0.6) is 0 Å². The molecule has 92 valence electrons. The van der Waals surface area contributed by atoms with Crippen molar-refractivity contribution in [2.75, 3.05) is 13.2 Å². The number of aromatic nitrogens is 2. The van der Waals surface area contributed by atoms with Crippen LogP contribution in [0.4, 0.5) is 0 Å². The van der Waals surface area contributed by atoms with Crippen molar-refractivity contribution in [1.29, 1.82) is 0 Å². The number of aliphatic hydroxyl groups is 1. The molecule has 0 radical (unpaired) electrons. The molecule has 5 nitrogen and oxygen atoms in total. The van der Waals surface area contributed by atoms with E-state index in [-0.39, 0.29) is 6.61 Å². The lowest BCUT2D eigenvalue weighted by Crippen LogP contribution is -2.26. The summed E-state index contributed by atoms with van der Waals surface area (Å²) in [4.78, 5) is 4.30. The van der Waals surface area contributed by atoms with Gasteiger partial charge in [0.15, 0.2) is 0 Å². The fourth-order valence-electron chi connectivity index (χ4n) is 1.44. The van der Waals surface area contributed by atoms with Crippen LogP contribution in [0.1, 0.15) is 45.3 Å². The second kappa shape index (κ2) is 5.96. The van der Waals surface area contributed by atoms with Gasteiger partial charge in [0.05, 0.1) is 0 Å². The molecule has 1 unspecified atom stereocenters. The van der Waals surface area contributed by atoms with E-state index in [1.54, 1.807) is 0 Å². The zero-order chi connectivity index (χ0) is 12.0. The smallest absolute Gasteiger partial charge is 0.226 e. The van der Waals surface area contributed by atoms with Crippen LogP contribution >= 0.6 is 0 Å². The van der Waals surface area contributed by atoms with Gasteiger partial charge in [-0.2, -0.15) is 4.98 Å². The molecule has 0 aliphatic rings. The number of rotatable bonds is 7. The average molecular weight is 228 g/mol. The Kier molecular flexibility index (Phi) is 4.89. The van der Waals surface area contributed by atoms with Crippen LogP contribution in [0.2, 0.25) is 0 Å². The molecule has 0 saturated carbocycles. The fraction of sp³-hybridized carbons (Fsp3) is 0.818. The normalized spacial score (nSPS) is 15.0. The lowest BCUT2D eigenvalue weighted by Gasteiger charge is -2.23. The SMILES string of the molecule is CCOC(C)(CC)c1noc(CCCO)n1. The van der Waals surface area contributed by atoms with Gasteiger partial charge in [0.1, 0.15) is 5.60 Å². The summed E-state index contributed by atoms with van der Waals surface area (Å²) < 4.78 is 10.8. The van der Waals surface area contributed by atoms with Crippen LogP contribution in [-0.2, 0) is 16.8 Å². The molecule has 5 heteroatoms. The molecule has 16 heavy (non-hydrogen) atoms. The van der Waals surface area contributed by atoms with Gasteiger partial charge in [-0.1, -0.05) is 12.1 Å². The zero-order valence-corrected chi connectivity index (χ0v) is 10.2. The summed E-state index contributed by atoms with van der Waals surface area (Å²) in [5, 5.41) is 12.6. The predicted molar refractivity (Wildman–Crippen MR) is 59.0 cm³/mol. The van der Waals surface area contributed by atoms with Crippen LogP contribution in [0.25, 0.3) is 0 Å². The summed E-state index contributed by atoms with van der Waals surface area (Å²) in [5.41, 5.74) is -0.476. The number of hydrogen-bond donors (Lipinski definition) is 1. The maximum absolute atomic E-state index is 8.71. The highest BCUT2D eigenvalue weighted by atomic mass is 16.5. The Morgan fingerprint density at radius 3 is 2.75 bits per heavy atom. The average Bonchev–Trinajstić information content (AvgIpc) is 2.75. The van der Waals surface area contributed by atoms with E-state index in [1.807, 2.05) is 20.8 Å². The minimum atomic E-state index is -0.476. The van der Waals surface area contributed by atoms with Gasteiger partial charge in [0.2, 0.25) is 11.7 Å². The van der Waals surface area contributed by atoms with E-state index in [0.717, 1.165) is 6.42 Å². The van der Waals surface area contributed by atoms with Gasteiger partial charge < -0.3 is 14.4 Å². The highest BCUT2D eigenvalue weighted by Crippen LogP contribution is 2.26. The molecule has 0 aliphatic heterocycles. The largest absolute Gasteiger partial charge is 0.396 e. The van der Waals surface area contributed by atoms with Gasteiger partial charge in [-0.25, -0.2) is 0 Å². The minimum absolute atomic E-state index is 0.133. The summed E-state index contributed by atoms with van der Waals surface area (Å²) in [6, 6.07) is 0. The molecule has 1 N–H and O–H groups in total. The summed E-state index contributed by atoms with van der Waals surface area (Å²) in [5.74, 6) is 1.15. The number of ether oxygens (including phenoxy) is 1. The van der Waals surface area contributed by atoms with Crippen LogP contribution in [-0.4, -0.2) is 28.5 Å². The molecule has 1 atom stereocenters. The fourth-order valence-corrected chi connectivity index (χ4v) is 1.44. The third kappa shape index (κ3) is 3.02. The van der Waals surface area contributed by atoms with E-state index in [9.17, 15) is 0 Å². The molecule has 0 fully saturated rings. The van der Waals surface area contributed by atoms with Crippen molar-refractivity contribution in [3.05, 3.63) is 11.7 Å². The molecule has 0 amide bonds. The Hall–Kier alpha value is -0.940. The third-order valence-corrected chi connectivity index (χ3v) is 2.63. The number of aliphatic hydroxyl groups excluding tert-OH is 1. The second-order valence-electron chi connectivity index (χ2n) is 3.86. The van der Waals surface area contributed by atoms with Gasteiger partial charge in [0, 0.05) is 19.6 Å². The molecular formula is C11H20N2O3. The number of aryl methyl sites for hydroxylation is 1. The number of nitrogens with zero attached hydrogens (tertiary/aromatic N) is 2. The van der Waals surface area contributed by atoms with Gasteiger partial charge in [0.25, 0.3) is 0 Å². The Balaban J connectivity index is 2.74. The topological polar surface area (TPSA) is 68.4 Å². The first-order valence-corrected chi connectivity index (χ1v) is 5.74. The quantitative estimate of drug-likeness (QED) is 0.768. The van der Waals surface area contributed by atoms with Crippen molar-refractivity contribution in [1.82, 2.24) is 10.1 Å². The van der Waals surface area contributed by atoms with Gasteiger partial charge in [-0.3, -0.25) is 0 Å². The van der Waals surface area contributed by atoms with E-state index in [0.29, 0.717) is 31.2 Å². The van der Waals surface area contributed by atoms with Crippen LogP contribution in [0.15, 0.2) is 4.52 Å². The molecule has 1 heterocycles. The second-order valence-corrected chi connectivity index (χ2v) is 3.86. The van der Waals surface area contributed by atoms with Crippen molar-refractivity contribution in [3.8, 4) is 0 Å². The monoisotopic (exact) mass is 228 g/mol. The van der Waals surface area contributed by atoms with Crippen molar-refractivity contribution in [3.63, 3.8) is 0 Å². The minimum Gasteiger partial charge on any atom is -0.396 e. The van der Waals surface area contributed by atoms with E-state index in [1.165, 1.54) is 0 Å². The molecule has 1 aromatic rings. The molecular weight excluding hydrogens is 208 g/mol. The van der Waals surface area contributed by atoms with E-state index < -0.39 is 5.60 Å². The summed E-state index contributed by atoms with van der Waals surface area (Å²) in [6.45, 7) is 6.68. The first-order valence-electron chi connectivity index (χ1n) is 5.74. The third-order valence-electron chi connectivity index (χ3n) is 2.63. The van der Waals surface area contributed by atoms with Gasteiger partial charge >= 0.3 is 0 Å². The maximum atomic E-state index is 8.71. The highest BCUT2D eigenvalue weighted by molar-refractivity contribution is 4.99. The highest BCUT2D eigenvalue weighted by Gasteiger charge is 2.30. The molecule has 1 aromatic heterocycles. The van der Waals surface area contributed by atoms with Crippen molar-refractivity contribution >= 4 is 0 Å². The molecule has 1 rings (SSSR count). The molecule has 0 aliphatic carbocycles. The first kappa shape index (κ1) is 13.1. The molecule has 0 spiro atoms. The van der Waals surface area contributed by atoms with E-state index in [2.05, 4.69) is 10.1 Å². The van der Waals surface area contributed by atoms with Gasteiger partial charge in [-0.15, -0.1) is 0 Å². The van der Waals surface area contributed by atoms with Crippen molar-refractivity contribution in [2.24, 2.45) is 0 Å².